The third kappa shape index (κ3) is 4.92. The lowest BCUT2D eigenvalue weighted by molar-refractivity contribution is 1.46. The average Bonchev–Trinajstić information content (AvgIpc) is 2.35. The van der Waals surface area contributed by atoms with Gasteiger partial charge in [-0.15, -0.1) is 6.42 Å². The van der Waals surface area contributed by atoms with Gasteiger partial charge in [0.05, 0.1) is 0 Å². The van der Waals surface area contributed by atoms with Crippen molar-refractivity contribution in [3.8, 4) is 24.2 Å². The fraction of sp³-hybridized carbons (Fsp3) is 0.176. The predicted molar refractivity (Wildman–Crippen MR) is 74.4 cm³/mol. The average molecular weight is 220 g/mol. The molecule has 0 radical (unpaired) electrons. The summed E-state index contributed by atoms with van der Waals surface area (Å²) < 4.78 is 0. The first kappa shape index (κ1) is 12.9. The Morgan fingerprint density at radius 1 is 1.06 bits per heavy atom. The van der Waals surface area contributed by atoms with Crippen molar-refractivity contribution < 1.29 is 0 Å². The summed E-state index contributed by atoms with van der Waals surface area (Å²) >= 11 is 0. The molecule has 0 nitrogen and oxygen atoms in total. The van der Waals surface area contributed by atoms with Gasteiger partial charge in [0.25, 0.3) is 0 Å². The summed E-state index contributed by atoms with van der Waals surface area (Å²) in [7, 11) is 0. The van der Waals surface area contributed by atoms with Gasteiger partial charge in [0.2, 0.25) is 0 Å². The van der Waals surface area contributed by atoms with Crippen LogP contribution in [0.15, 0.2) is 47.6 Å². The standard InChI is InChI=1S/C17H16/c1-5-14(2)6-7-15(3)8-11-17-12-9-16(4)10-13-17/h1,6-7,9-10,12-13H,2-4H3/b14-6-,15-7+. The lowest BCUT2D eigenvalue weighted by Gasteiger charge is -1.91. The minimum absolute atomic E-state index is 0.904. The maximum atomic E-state index is 5.25. The van der Waals surface area contributed by atoms with Crippen LogP contribution in [0.3, 0.4) is 0 Å². The molecule has 0 saturated heterocycles. The highest BCUT2D eigenvalue weighted by Crippen LogP contribution is 2.02. The number of hydrogen-bond acceptors (Lipinski definition) is 0. The molecular weight excluding hydrogens is 204 g/mol. The molecule has 84 valence electrons. The minimum Gasteiger partial charge on any atom is -0.115 e. The fourth-order valence-corrected chi connectivity index (χ4v) is 1.15. The molecule has 0 aliphatic rings. The van der Waals surface area contributed by atoms with Crippen LogP contribution in [0.5, 0.6) is 0 Å². The Labute approximate surface area is 104 Å². The van der Waals surface area contributed by atoms with Crippen molar-refractivity contribution in [3.05, 3.63) is 58.7 Å². The molecule has 0 unspecified atom stereocenters. The number of benzene rings is 1. The summed E-state index contributed by atoms with van der Waals surface area (Å²) in [6, 6.07) is 8.17. The van der Waals surface area contributed by atoms with Crippen LogP contribution in [0.1, 0.15) is 25.0 Å². The van der Waals surface area contributed by atoms with E-state index in [1.165, 1.54) is 5.56 Å². The number of hydrogen-bond donors (Lipinski definition) is 0. The summed E-state index contributed by atoms with van der Waals surface area (Å²) in [6.45, 7) is 5.94. The Kier molecular flexibility index (Phi) is 4.86. The second-order valence-corrected chi connectivity index (χ2v) is 3.96. The van der Waals surface area contributed by atoms with Crippen LogP contribution >= 0.6 is 0 Å². The van der Waals surface area contributed by atoms with Crippen molar-refractivity contribution in [2.24, 2.45) is 0 Å². The zero-order valence-corrected chi connectivity index (χ0v) is 10.5. The van der Waals surface area contributed by atoms with Crippen molar-refractivity contribution in [3.63, 3.8) is 0 Å². The van der Waals surface area contributed by atoms with Gasteiger partial charge in [0, 0.05) is 5.56 Å². The van der Waals surface area contributed by atoms with Crippen molar-refractivity contribution >= 4 is 0 Å². The topological polar surface area (TPSA) is 0 Å². The van der Waals surface area contributed by atoms with E-state index in [1.54, 1.807) is 0 Å². The molecule has 0 heteroatoms. The van der Waals surface area contributed by atoms with E-state index in [1.807, 2.05) is 38.1 Å². The van der Waals surface area contributed by atoms with Gasteiger partial charge in [0.1, 0.15) is 0 Å². The Morgan fingerprint density at radius 3 is 2.24 bits per heavy atom. The molecule has 1 aromatic carbocycles. The Hall–Kier alpha value is -2.18. The van der Waals surface area contributed by atoms with Crippen molar-refractivity contribution in [1.82, 2.24) is 0 Å². The SMILES string of the molecule is C#C/C(C)=C\C=C(/C)C#Cc1ccc(C)cc1. The summed E-state index contributed by atoms with van der Waals surface area (Å²) in [5.74, 6) is 8.78. The molecule has 0 saturated carbocycles. The molecule has 17 heavy (non-hydrogen) atoms. The zero-order chi connectivity index (χ0) is 12.7. The van der Waals surface area contributed by atoms with E-state index in [4.69, 9.17) is 6.42 Å². The van der Waals surface area contributed by atoms with E-state index in [2.05, 4.69) is 36.8 Å². The number of rotatable bonds is 1. The zero-order valence-electron chi connectivity index (χ0n) is 10.5. The molecule has 0 bridgehead atoms. The highest BCUT2D eigenvalue weighted by molar-refractivity contribution is 5.42. The molecule has 0 aliphatic carbocycles. The van der Waals surface area contributed by atoms with Crippen LogP contribution in [0, 0.1) is 31.1 Å². The first-order valence-corrected chi connectivity index (χ1v) is 5.52. The lowest BCUT2D eigenvalue weighted by Crippen LogP contribution is -1.76. The summed E-state index contributed by atoms with van der Waals surface area (Å²) in [5, 5.41) is 0. The van der Waals surface area contributed by atoms with Crippen LogP contribution in [0.25, 0.3) is 0 Å². The van der Waals surface area contributed by atoms with E-state index in [-0.39, 0.29) is 0 Å². The minimum atomic E-state index is 0.904. The third-order valence-corrected chi connectivity index (χ3v) is 2.27. The van der Waals surface area contributed by atoms with E-state index < -0.39 is 0 Å². The first-order valence-electron chi connectivity index (χ1n) is 5.52. The smallest absolute Gasteiger partial charge is 0.0249 e. The number of terminal acetylenes is 1. The molecular formula is C17H16. The van der Waals surface area contributed by atoms with Crippen LogP contribution < -0.4 is 0 Å². The second-order valence-electron chi connectivity index (χ2n) is 3.96. The molecule has 0 N–H and O–H groups in total. The molecule has 0 atom stereocenters. The first-order chi connectivity index (χ1) is 8.11. The lowest BCUT2D eigenvalue weighted by atomic mass is 10.1. The summed E-state index contributed by atoms with van der Waals surface area (Å²) in [4.78, 5) is 0. The van der Waals surface area contributed by atoms with Crippen LogP contribution in [-0.4, -0.2) is 0 Å². The highest BCUT2D eigenvalue weighted by atomic mass is 13.9. The van der Waals surface area contributed by atoms with Crippen molar-refractivity contribution in [2.75, 3.05) is 0 Å². The largest absolute Gasteiger partial charge is 0.115 e. The van der Waals surface area contributed by atoms with Crippen molar-refractivity contribution in [1.29, 1.82) is 0 Å². The predicted octanol–water partition coefficient (Wildman–Crippen LogP) is 3.87. The Morgan fingerprint density at radius 2 is 1.65 bits per heavy atom. The van der Waals surface area contributed by atoms with Gasteiger partial charge in [0.15, 0.2) is 0 Å². The van der Waals surface area contributed by atoms with E-state index in [9.17, 15) is 0 Å². The molecule has 1 aromatic rings. The summed E-state index contributed by atoms with van der Waals surface area (Å²) in [6.07, 6.45) is 9.10. The Balaban J connectivity index is 2.79. The monoisotopic (exact) mass is 220 g/mol. The van der Waals surface area contributed by atoms with Gasteiger partial charge >= 0.3 is 0 Å². The molecule has 0 fully saturated rings. The van der Waals surface area contributed by atoms with Gasteiger partial charge in [-0.1, -0.05) is 47.6 Å². The molecule has 1 rings (SSSR count). The van der Waals surface area contributed by atoms with Crippen molar-refractivity contribution in [2.45, 2.75) is 20.8 Å². The van der Waals surface area contributed by atoms with E-state index in [0.29, 0.717) is 0 Å². The molecule has 0 spiro atoms. The van der Waals surface area contributed by atoms with E-state index in [0.717, 1.165) is 16.7 Å². The molecule has 0 heterocycles. The van der Waals surface area contributed by atoms with Crippen LogP contribution in [0.4, 0.5) is 0 Å². The van der Waals surface area contributed by atoms with Crippen LogP contribution in [-0.2, 0) is 0 Å². The van der Waals surface area contributed by atoms with Gasteiger partial charge in [-0.05, 0) is 44.1 Å². The van der Waals surface area contributed by atoms with E-state index >= 15 is 0 Å². The van der Waals surface area contributed by atoms with Gasteiger partial charge < -0.3 is 0 Å². The maximum Gasteiger partial charge on any atom is 0.0249 e. The Bertz CT molecular complexity index is 534. The molecule has 0 aliphatic heterocycles. The number of allylic oxidation sites excluding steroid dienone is 4. The molecule has 0 aromatic heterocycles. The highest BCUT2D eigenvalue weighted by Gasteiger charge is 1.86. The second kappa shape index (κ2) is 6.41. The fourth-order valence-electron chi connectivity index (χ4n) is 1.15. The van der Waals surface area contributed by atoms with Crippen LogP contribution in [0.2, 0.25) is 0 Å². The summed E-state index contributed by atoms with van der Waals surface area (Å²) in [5.41, 5.74) is 4.18. The normalized spacial score (nSPS) is 11.4. The maximum absolute atomic E-state index is 5.25. The van der Waals surface area contributed by atoms with Gasteiger partial charge in [-0.3, -0.25) is 0 Å². The quantitative estimate of drug-likeness (QED) is 0.498. The third-order valence-electron chi connectivity index (χ3n) is 2.27. The molecule has 0 amide bonds. The number of aryl methyl sites for hydroxylation is 1. The van der Waals surface area contributed by atoms with Gasteiger partial charge in [-0.2, -0.15) is 0 Å². The van der Waals surface area contributed by atoms with Gasteiger partial charge in [-0.25, -0.2) is 0 Å².